The lowest BCUT2D eigenvalue weighted by Gasteiger charge is -2.13. The first-order valence-corrected chi connectivity index (χ1v) is 6.49. The van der Waals surface area contributed by atoms with Gasteiger partial charge in [-0.15, -0.1) is 0 Å². The van der Waals surface area contributed by atoms with Crippen molar-refractivity contribution in [2.45, 2.75) is 17.4 Å². The van der Waals surface area contributed by atoms with Gasteiger partial charge in [-0.2, -0.15) is 0 Å². The minimum atomic E-state index is 0.0572. The number of aromatic nitrogens is 1. The van der Waals surface area contributed by atoms with Crippen LogP contribution in [0.2, 0.25) is 5.02 Å². The van der Waals surface area contributed by atoms with Gasteiger partial charge < -0.3 is 10.2 Å². The van der Waals surface area contributed by atoms with Crippen molar-refractivity contribution in [3.63, 3.8) is 0 Å². The van der Waals surface area contributed by atoms with Gasteiger partial charge in [-0.1, -0.05) is 41.6 Å². The van der Waals surface area contributed by atoms with Gasteiger partial charge in [0.15, 0.2) is 0 Å². The highest BCUT2D eigenvalue weighted by atomic mass is 35.5. The summed E-state index contributed by atoms with van der Waals surface area (Å²) in [4.78, 5) is 4.25. The number of hydrogen-bond acceptors (Lipinski definition) is 4. The molecule has 90 valence electrons. The normalized spacial score (nSPS) is 12.6. The molecule has 1 heterocycles. The molecule has 5 heteroatoms. The first-order chi connectivity index (χ1) is 8.20. The summed E-state index contributed by atoms with van der Waals surface area (Å²) < 4.78 is 5.31. The van der Waals surface area contributed by atoms with Crippen molar-refractivity contribution in [1.82, 2.24) is 4.98 Å². The molecule has 0 amide bonds. The number of benzene rings is 1. The molecule has 1 atom stereocenters. The van der Waals surface area contributed by atoms with E-state index in [4.69, 9.17) is 21.8 Å². The predicted molar refractivity (Wildman–Crippen MR) is 70.3 cm³/mol. The number of aryl methyl sites for hydroxylation is 1. The molecule has 0 fully saturated rings. The van der Waals surface area contributed by atoms with Crippen LogP contribution in [-0.4, -0.2) is 11.5 Å². The number of nitrogens with two attached hydrogens (primary N) is 1. The number of oxazole rings is 1. The van der Waals surface area contributed by atoms with Crippen LogP contribution in [0.4, 0.5) is 0 Å². The van der Waals surface area contributed by atoms with E-state index in [0.717, 1.165) is 16.3 Å². The maximum atomic E-state index is 6.15. The van der Waals surface area contributed by atoms with Crippen LogP contribution in [0.15, 0.2) is 40.2 Å². The van der Waals surface area contributed by atoms with Gasteiger partial charge in [-0.05, 0) is 18.6 Å². The topological polar surface area (TPSA) is 52.0 Å². The lowest BCUT2D eigenvalue weighted by atomic mass is 10.1. The molecule has 0 aliphatic rings. The fourth-order valence-corrected chi connectivity index (χ4v) is 2.79. The molecular formula is C12H13ClN2OS. The molecule has 0 aliphatic carbocycles. The minimum absolute atomic E-state index is 0.0572. The highest BCUT2D eigenvalue weighted by Gasteiger charge is 2.16. The molecule has 1 aromatic heterocycles. The van der Waals surface area contributed by atoms with Gasteiger partial charge in [0.05, 0.1) is 10.9 Å². The Hall–Kier alpha value is -0.970. The Morgan fingerprint density at radius 3 is 2.82 bits per heavy atom. The lowest BCUT2D eigenvalue weighted by molar-refractivity contribution is 0.453. The van der Waals surface area contributed by atoms with Crippen molar-refractivity contribution in [3.8, 4) is 0 Å². The van der Waals surface area contributed by atoms with Gasteiger partial charge >= 0.3 is 0 Å². The predicted octanol–water partition coefficient (Wildman–Crippen LogP) is 3.43. The van der Waals surface area contributed by atoms with Gasteiger partial charge in [-0.25, -0.2) is 4.98 Å². The molecule has 2 N–H and O–H groups in total. The summed E-state index contributed by atoms with van der Waals surface area (Å²) in [6.07, 6.45) is 1.63. The van der Waals surface area contributed by atoms with Gasteiger partial charge in [0.25, 0.3) is 5.22 Å². The number of hydrogen-bond donors (Lipinski definition) is 1. The third-order valence-corrected chi connectivity index (χ3v) is 3.77. The van der Waals surface area contributed by atoms with Crippen LogP contribution in [0.5, 0.6) is 0 Å². The number of nitrogens with zero attached hydrogens (tertiary/aromatic N) is 1. The summed E-state index contributed by atoms with van der Waals surface area (Å²) in [5.41, 5.74) is 7.65. The Kier molecular flexibility index (Phi) is 4.10. The van der Waals surface area contributed by atoms with E-state index in [1.54, 1.807) is 6.26 Å². The average molecular weight is 269 g/mol. The molecule has 0 spiro atoms. The molecule has 17 heavy (non-hydrogen) atoms. The lowest BCUT2D eigenvalue weighted by Crippen LogP contribution is -2.09. The van der Waals surface area contributed by atoms with Gasteiger partial charge in [0.1, 0.15) is 6.26 Å². The summed E-state index contributed by atoms with van der Waals surface area (Å²) in [5, 5.41) is 1.40. The third kappa shape index (κ3) is 3.03. The fraction of sp³-hybridized carbons (Fsp3) is 0.250. The molecule has 0 saturated heterocycles. The highest BCUT2D eigenvalue weighted by molar-refractivity contribution is 7.99. The summed E-state index contributed by atoms with van der Waals surface area (Å²) >= 11 is 7.64. The molecule has 0 aliphatic heterocycles. The molecule has 0 bridgehead atoms. The zero-order chi connectivity index (χ0) is 12.3. The molecule has 3 nitrogen and oxygen atoms in total. The smallest absolute Gasteiger partial charge is 0.256 e. The Morgan fingerprint density at radius 2 is 2.24 bits per heavy atom. The maximum Gasteiger partial charge on any atom is 0.256 e. The second kappa shape index (κ2) is 5.58. The molecular weight excluding hydrogens is 256 g/mol. The standard InChI is InChI=1S/C12H13ClN2OS/c1-8-7-16-12(15-8)17-11(6-14)9-4-2-3-5-10(9)13/h2-5,7,11H,6,14H2,1H3. The molecule has 1 unspecified atom stereocenters. The Bertz CT molecular complexity index is 501. The van der Waals surface area contributed by atoms with E-state index in [1.807, 2.05) is 31.2 Å². The Labute approximate surface area is 109 Å². The average Bonchev–Trinajstić information content (AvgIpc) is 2.73. The Morgan fingerprint density at radius 1 is 1.47 bits per heavy atom. The SMILES string of the molecule is Cc1coc(SC(CN)c2ccccc2Cl)n1. The molecule has 2 aromatic rings. The van der Waals surface area contributed by atoms with Crippen LogP contribution in [-0.2, 0) is 0 Å². The van der Waals surface area contributed by atoms with Crippen LogP contribution in [0.1, 0.15) is 16.5 Å². The zero-order valence-electron chi connectivity index (χ0n) is 9.39. The van der Waals surface area contributed by atoms with Crippen molar-refractivity contribution in [2.24, 2.45) is 5.73 Å². The van der Waals surface area contributed by atoms with Crippen LogP contribution in [0.3, 0.4) is 0 Å². The molecule has 0 saturated carbocycles. The quantitative estimate of drug-likeness (QED) is 0.863. The second-order valence-corrected chi connectivity index (χ2v) is 5.18. The van der Waals surface area contributed by atoms with E-state index in [-0.39, 0.29) is 5.25 Å². The van der Waals surface area contributed by atoms with Crippen molar-refractivity contribution < 1.29 is 4.42 Å². The summed E-state index contributed by atoms with van der Waals surface area (Å²) in [6, 6.07) is 7.69. The maximum absolute atomic E-state index is 6.15. The summed E-state index contributed by atoms with van der Waals surface area (Å²) in [7, 11) is 0. The van der Waals surface area contributed by atoms with E-state index in [9.17, 15) is 0 Å². The van der Waals surface area contributed by atoms with Crippen LogP contribution in [0, 0.1) is 6.92 Å². The monoisotopic (exact) mass is 268 g/mol. The zero-order valence-corrected chi connectivity index (χ0v) is 11.0. The minimum Gasteiger partial charge on any atom is -0.440 e. The van der Waals surface area contributed by atoms with Crippen molar-refractivity contribution in [3.05, 3.63) is 46.8 Å². The van der Waals surface area contributed by atoms with Crippen LogP contribution < -0.4 is 5.73 Å². The highest BCUT2D eigenvalue weighted by Crippen LogP contribution is 2.36. The second-order valence-electron chi connectivity index (χ2n) is 3.62. The fourth-order valence-electron chi connectivity index (χ4n) is 1.48. The van der Waals surface area contributed by atoms with Gasteiger partial charge in [0.2, 0.25) is 0 Å². The number of halogens is 1. The number of rotatable bonds is 4. The third-order valence-electron chi connectivity index (χ3n) is 2.31. The molecule has 2 rings (SSSR count). The first-order valence-electron chi connectivity index (χ1n) is 5.24. The molecule has 1 aromatic carbocycles. The Balaban J connectivity index is 2.20. The van der Waals surface area contributed by atoms with Gasteiger partial charge in [-0.3, -0.25) is 0 Å². The van der Waals surface area contributed by atoms with Crippen molar-refractivity contribution >= 4 is 23.4 Å². The van der Waals surface area contributed by atoms with E-state index < -0.39 is 0 Å². The molecule has 0 radical (unpaired) electrons. The first kappa shape index (κ1) is 12.5. The van der Waals surface area contributed by atoms with Crippen molar-refractivity contribution in [1.29, 1.82) is 0 Å². The largest absolute Gasteiger partial charge is 0.440 e. The van der Waals surface area contributed by atoms with Crippen molar-refractivity contribution in [2.75, 3.05) is 6.54 Å². The van der Waals surface area contributed by atoms with E-state index >= 15 is 0 Å². The van der Waals surface area contributed by atoms with Crippen LogP contribution in [0.25, 0.3) is 0 Å². The van der Waals surface area contributed by atoms with E-state index in [2.05, 4.69) is 4.98 Å². The summed E-state index contributed by atoms with van der Waals surface area (Å²) in [5.74, 6) is 0. The van der Waals surface area contributed by atoms with Crippen LogP contribution >= 0.6 is 23.4 Å². The summed E-state index contributed by atoms with van der Waals surface area (Å²) in [6.45, 7) is 2.37. The van der Waals surface area contributed by atoms with Gasteiger partial charge in [0, 0.05) is 11.6 Å². The number of thioether (sulfide) groups is 1. The van der Waals surface area contributed by atoms with E-state index in [0.29, 0.717) is 11.8 Å². The van der Waals surface area contributed by atoms with E-state index in [1.165, 1.54) is 11.8 Å².